The molecule has 1 aliphatic heterocycles. The first-order chi connectivity index (χ1) is 16.7. The van der Waals surface area contributed by atoms with Gasteiger partial charge in [0.1, 0.15) is 11.5 Å². The molecule has 0 saturated carbocycles. The summed E-state index contributed by atoms with van der Waals surface area (Å²) in [6.45, 7) is 1.85. The molecule has 0 spiro atoms. The van der Waals surface area contributed by atoms with E-state index in [0.29, 0.717) is 17.1 Å². The average Bonchev–Trinajstić information content (AvgIpc) is 3.39. The molecule has 2 heterocycles. The van der Waals surface area contributed by atoms with Gasteiger partial charge in [-0.3, -0.25) is 15.0 Å². The van der Waals surface area contributed by atoms with Crippen LogP contribution in [0.5, 0.6) is 0 Å². The fourth-order valence-corrected chi connectivity index (χ4v) is 4.86. The lowest BCUT2D eigenvalue weighted by molar-refractivity contribution is -0.123. The second-order valence-electron chi connectivity index (χ2n) is 7.33. The minimum Gasteiger partial charge on any atom is -0.465 e. The lowest BCUT2D eigenvalue weighted by Gasteiger charge is -2.16. The lowest BCUT2D eigenvalue weighted by Crippen LogP contribution is -2.44. The topological polar surface area (TPSA) is 88.9 Å². The Morgan fingerprint density at radius 3 is 2.57 bits per heavy atom. The summed E-state index contributed by atoms with van der Waals surface area (Å²) in [7, 11) is 1.27. The van der Waals surface area contributed by atoms with Gasteiger partial charge in [-0.15, -0.1) is 0 Å². The molecule has 0 bridgehead atoms. The maximum absolute atomic E-state index is 12.9. The summed E-state index contributed by atoms with van der Waals surface area (Å²) >= 11 is 18.5. The second-order valence-corrected chi connectivity index (χ2v) is 9.82. The molecule has 178 valence electrons. The Morgan fingerprint density at radius 2 is 1.86 bits per heavy atom. The number of carbonyl (C=O) groups excluding carboxylic acids is 3. The Balaban J connectivity index is 1.53. The summed E-state index contributed by atoms with van der Waals surface area (Å²) in [6.07, 6.45) is 1.52. The van der Waals surface area contributed by atoms with Gasteiger partial charge in [-0.05, 0) is 67.2 Å². The standard InChI is InChI=1S/C24H16Cl2N2O5S2/c1-12-3-6-15(18(26)9-12)21(29)27-28-22(30)20(35-24(28)34)11-14-5-8-19(33-14)13-4-7-17(25)16(10-13)23(31)32-2/h3-11H,1-2H3,(H,27,29)/b20-11+. The van der Waals surface area contributed by atoms with E-state index >= 15 is 0 Å². The molecule has 0 atom stereocenters. The van der Waals surface area contributed by atoms with E-state index in [-0.39, 0.29) is 30.4 Å². The normalized spacial score (nSPS) is 14.5. The molecular formula is C24H16Cl2N2O5S2. The fourth-order valence-electron chi connectivity index (χ4n) is 3.19. The number of halogens is 2. The minimum atomic E-state index is -0.568. The summed E-state index contributed by atoms with van der Waals surface area (Å²) in [5.74, 6) is -0.800. The Morgan fingerprint density at radius 1 is 1.09 bits per heavy atom. The predicted molar refractivity (Wildman–Crippen MR) is 139 cm³/mol. The van der Waals surface area contributed by atoms with Gasteiger partial charge in [-0.2, -0.15) is 5.01 Å². The molecule has 3 aromatic rings. The molecule has 11 heteroatoms. The molecule has 0 radical (unpaired) electrons. The predicted octanol–water partition coefficient (Wildman–Crippen LogP) is 5.89. The van der Waals surface area contributed by atoms with Crippen molar-refractivity contribution in [3.8, 4) is 11.3 Å². The largest absolute Gasteiger partial charge is 0.465 e. The number of hydrogen-bond acceptors (Lipinski definition) is 7. The zero-order chi connectivity index (χ0) is 25.3. The van der Waals surface area contributed by atoms with Gasteiger partial charge in [0, 0.05) is 11.6 Å². The van der Waals surface area contributed by atoms with E-state index in [0.717, 1.165) is 22.3 Å². The van der Waals surface area contributed by atoms with Gasteiger partial charge in [0.25, 0.3) is 11.8 Å². The molecule has 2 amide bonds. The third-order valence-corrected chi connectivity index (χ3v) is 6.88. The van der Waals surface area contributed by atoms with Crippen LogP contribution in [0.25, 0.3) is 17.4 Å². The first-order valence-electron chi connectivity index (χ1n) is 10.0. The molecule has 0 unspecified atom stereocenters. The highest BCUT2D eigenvalue weighted by Gasteiger charge is 2.34. The number of rotatable bonds is 5. The molecule has 7 nitrogen and oxygen atoms in total. The van der Waals surface area contributed by atoms with Crippen molar-refractivity contribution in [2.45, 2.75) is 6.92 Å². The molecule has 0 aliphatic carbocycles. The first kappa shape index (κ1) is 25.0. The van der Waals surface area contributed by atoms with Crippen LogP contribution in [0.4, 0.5) is 0 Å². The zero-order valence-corrected chi connectivity index (χ0v) is 21.4. The zero-order valence-electron chi connectivity index (χ0n) is 18.3. The van der Waals surface area contributed by atoms with Crippen LogP contribution in [-0.4, -0.2) is 34.2 Å². The van der Waals surface area contributed by atoms with Gasteiger partial charge < -0.3 is 9.15 Å². The van der Waals surface area contributed by atoms with Gasteiger partial charge in [-0.25, -0.2) is 4.79 Å². The van der Waals surface area contributed by atoms with Crippen LogP contribution in [0.15, 0.2) is 57.9 Å². The first-order valence-corrected chi connectivity index (χ1v) is 12.0. The SMILES string of the molecule is COC(=O)c1cc(-c2ccc(/C=C3/SC(=S)N(NC(=O)c4ccc(C)cc4Cl)C3=O)o2)ccc1Cl. The number of methoxy groups -OCH3 is 1. The van der Waals surface area contributed by atoms with E-state index < -0.39 is 17.8 Å². The smallest absolute Gasteiger partial charge is 0.339 e. The van der Waals surface area contributed by atoms with E-state index in [2.05, 4.69) is 5.43 Å². The van der Waals surface area contributed by atoms with E-state index in [9.17, 15) is 14.4 Å². The van der Waals surface area contributed by atoms with Crippen LogP contribution in [0, 0.1) is 6.92 Å². The van der Waals surface area contributed by atoms with Crippen LogP contribution >= 0.6 is 47.2 Å². The maximum atomic E-state index is 12.9. The van der Waals surface area contributed by atoms with Crippen LogP contribution in [0.2, 0.25) is 10.0 Å². The number of esters is 1. The van der Waals surface area contributed by atoms with Crippen LogP contribution in [0.3, 0.4) is 0 Å². The number of amides is 2. The number of ether oxygens (including phenoxy) is 1. The highest BCUT2D eigenvalue weighted by Crippen LogP contribution is 2.33. The highest BCUT2D eigenvalue weighted by atomic mass is 35.5. The van der Waals surface area contributed by atoms with Crippen molar-refractivity contribution in [1.82, 2.24) is 10.4 Å². The van der Waals surface area contributed by atoms with E-state index in [1.165, 1.54) is 13.2 Å². The lowest BCUT2D eigenvalue weighted by atomic mass is 10.1. The maximum Gasteiger partial charge on any atom is 0.339 e. The van der Waals surface area contributed by atoms with Gasteiger partial charge in [-0.1, -0.05) is 41.0 Å². The third kappa shape index (κ3) is 5.28. The van der Waals surface area contributed by atoms with Crippen molar-refractivity contribution in [3.05, 3.63) is 85.9 Å². The summed E-state index contributed by atoms with van der Waals surface area (Å²) in [5.41, 5.74) is 4.43. The van der Waals surface area contributed by atoms with Crippen LogP contribution in [0.1, 0.15) is 32.0 Å². The average molecular weight is 547 g/mol. The van der Waals surface area contributed by atoms with Gasteiger partial charge in [0.15, 0.2) is 4.32 Å². The number of aryl methyl sites for hydroxylation is 1. The number of thiocarbonyl (C=S) groups is 1. The second kappa shape index (κ2) is 10.2. The Bertz CT molecular complexity index is 1420. The molecule has 4 rings (SSSR count). The van der Waals surface area contributed by atoms with Gasteiger partial charge in [0.05, 0.1) is 33.2 Å². The van der Waals surface area contributed by atoms with Crippen molar-refractivity contribution in [3.63, 3.8) is 0 Å². The monoisotopic (exact) mass is 546 g/mol. The molecule has 1 aliphatic rings. The number of hydrogen-bond donors (Lipinski definition) is 1. The number of benzene rings is 2. The van der Waals surface area contributed by atoms with Crippen LogP contribution < -0.4 is 5.43 Å². The van der Waals surface area contributed by atoms with Crippen LogP contribution in [-0.2, 0) is 9.53 Å². The van der Waals surface area contributed by atoms with E-state index in [1.54, 1.807) is 48.5 Å². The molecule has 1 fully saturated rings. The number of hydrazine groups is 1. The van der Waals surface area contributed by atoms with E-state index in [4.69, 9.17) is 44.6 Å². The molecule has 35 heavy (non-hydrogen) atoms. The van der Waals surface area contributed by atoms with E-state index in [1.807, 2.05) is 6.92 Å². The Labute approximate surface area is 220 Å². The van der Waals surface area contributed by atoms with Crippen molar-refractivity contribution >= 4 is 75.4 Å². The molecule has 2 aromatic carbocycles. The summed E-state index contributed by atoms with van der Waals surface area (Å²) in [6, 6.07) is 13.2. The molecular weight excluding hydrogens is 531 g/mol. The molecule has 1 saturated heterocycles. The number of furan rings is 1. The summed E-state index contributed by atoms with van der Waals surface area (Å²) < 4.78 is 10.7. The quantitative estimate of drug-likeness (QED) is 0.242. The minimum absolute atomic E-state index is 0.157. The number of carbonyl (C=O) groups is 3. The number of thioether (sulfide) groups is 1. The fraction of sp³-hybridized carbons (Fsp3) is 0.0833. The van der Waals surface area contributed by atoms with Gasteiger partial charge >= 0.3 is 5.97 Å². The van der Waals surface area contributed by atoms with Crippen molar-refractivity contribution in [2.75, 3.05) is 7.11 Å². The van der Waals surface area contributed by atoms with Crippen molar-refractivity contribution in [2.24, 2.45) is 0 Å². The highest BCUT2D eigenvalue weighted by molar-refractivity contribution is 8.26. The number of nitrogens with zero attached hydrogens (tertiary/aromatic N) is 1. The number of nitrogens with one attached hydrogen (secondary N) is 1. The Kier molecular flexibility index (Phi) is 7.32. The molecule has 1 N–H and O–H groups in total. The molecule has 1 aromatic heterocycles. The Hall–Kier alpha value is -3.11. The van der Waals surface area contributed by atoms with Crippen molar-refractivity contribution < 1.29 is 23.5 Å². The van der Waals surface area contributed by atoms with Crippen molar-refractivity contribution in [1.29, 1.82) is 0 Å². The summed E-state index contributed by atoms with van der Waals surface area (Å²) in [5, 5.41) is 1.52. The summed E-state index contributed by atoms with van der Waals surface area (Å²) in [4.78, 5) is 37.7. The van der Waals surface area contributed by atoms with Gasteiger partial charge in [0.2, 0.25) is 0 Å². The third-order valence-electron chi connectivity index (χ3n) is 4.93.